The van der Waals surface area contributed by atoms with Crippen LogP contribution in [-0.4, -0.2) is 11.5 Å². The van der Waals surface area contributed by atoms with Crippen molar-refractivity contribution in [2.24, 2.45) is 0 Å². The number of carbonyl (C=O) groups excluding carboxylic acids is 1. The van der Waals surface area contributed by atoms with Gasteiger partial charge >= 0.3 is 0 Å². The van der Waals surface area contributed by atoms with Crippen LogP contribution in [0.25, 0.3) is 27.8 Å². The Morgan fingerprint density at radius 3 is 2.25 bits per heavy atom. The summed E-state index contributed by atoms with van der Waals surface area (Å²) in [5.74, 6) is 0.247. The number of benzene rings is 4. The van der Waals surface area contributed by atoms with E-state index in [1.54, 1.807) is 18.2 Å². The molecular formula is C32H30ClNO2. The van der Waals surface area contributed by atoms with E-state index in [1.807, 2.05) is 42.5 Å². The first kappa shape index (κ1) is 25.3. The van der Waals surface area contributed by atoms with Crippen molar-refractivity contribution in [3.05, 3.63) is 112 Å². The number of aromatic hydroxyl groups is 1. The van der Waals surface area contributed by atoms with E-state index in [0.717, 1.165) is 46.2 Å². The van der Waals surface area contributed by atoms with Gasteiger partial charge in [0, 0.05) is 22.4 Å². The third kappa shape index (κ3) is 5.69. The van der Waals surface area contributed by atoms with Crippen LogP contribution in [0.15, 0.2) is 84.9 Å². The number of aryl methyl sites for hydroxylation is 3. The van der Waals surface area contributed by atoms with Crippen molar-refractivity contribution < 1.29 is 9.90 Å². The fourth-order valence-corrected chi connectivity index (χ4v) is 4.65. The maximum absolute atomic E-state index is 11.3. The van der Waals surface area contributed by atoms with Gasteiger partial charge in [-0.25, -0.2) is 0 Å². The molecule has 0 aliphatic heterocycles. The molecule has 0 saturated heterocycles. The molecule has 1 amide bonds. The zero-order valence-corrected chi connectivity index (χ0v) is 21.6. The molecule has 4 aromatic carbocycles. The van der Waals surface area contributed by atoms with E-state index in [-0.39, 0.29) is 5.75 Å². The molecule has 2 N–H and O–H groups in total. The zero-order valence-electron chi connectivity index (χ0n) is 20.8. The molecule has 3 nitrogen and oxygen atoms in total. The summed E-state index contributed by atoms with van der Waals surface area (Å²) in [6.45, 7) is 6.33. The lowest BCUT2D eigenvalue weighted by Gasteiger charge is -2.15. The smallest absolute Gasteiger partial charge is 0.211 e. The molecule has 0 unspecified atom stereocenters. The van der Waals surface area contributed by atoms with Crippen molar-refractivity contribution >= 4 is 29.3 Å². The summed E-state index contributed by atoms with van der Waals surface area (Å²) < 4.78 is 0. The van der Waals surface area contributed by atoms with Gasteiger partial charge in [-0.1, -0.05) is 78.3 Å². The predicted molar refractivity (Wildman–Crippen MR) is 152 cm³/mol. The van der Waals surface area contributed by atoms with Gasteiger partial charge in [-0.05, 0) is 85.2 Å². The van der Waals surface area contributed by atoms with Crippen LogP contribution >= 0.6 is 11.6 Å². The summed E-state index contributed by atoms with van der Waals surface area (Å²) in [5.41, 5.74) is 10.2. The number of carbonyl (C=O) groups is 1. The van der Waals surface area contributed by atoms with Crippen molar-refractivity contribution in [3.63, 3.8) is 0 Å². The van der Waals surface area contributed by atoms with E-state index in [0.29, 0.717) is 17.1 Å². The Balaban J connectivity index is 1.63. The number of nitrogens with one attached hydrogen (secondary N) is 1. The molecule has 0 aliphatic rings. The summed E-state index contributed by atoms with van der Waals surface area (Å²) in [5, 5.41) is 13.5. The summed E-state index contributed by atoms with van der Waals surface area (Å²) in [6.07, 6.45) is 4.73. The molecule has 4 heteroatoms. The minimum Gasteiger partial charge on any atom is -0.507 e. The number of allylic oxidation sites excluding steroid dienone is 2. The van der Waals surface area contributed by atoms with Crippen LogP contribution in [0.5, 0.6) is 5.75 Å². The molecule has 182 valence electrons. The molecule has 0 radical (unpaired) electrons. The molecule has 4 aromatic rings. The van der Waals surface area contributed by atoms with E-state index < -0.39 is 0 Å². The number of anilines is 1. The van der Waals surface area contributed by atoms with Crippen LogP contribution in [0.4, 0.5) is 5.69 Å². The van der Waals surface area contributed by atoms with Crippen LogP contribution in [-0.2, 0) is 11.2 Å². The molecule has 0 spiro atoms. The van der Waals surface area contributed by atoms with E-state index in [2.05, 4.69) is 50.4 Å². The van der Waals surface area contributed by atoms with Crippen LogP contribution in [0, 0.1) is 13.8 Å². The van der Waals surface area contributed by atoms with Gasteiger partial charge in [-0.15, -0.1) is 0 Å². The van der Waals surface area contributed by atoms with E-state index in [9.17, 15) is 9.90 Å². The quantitative estimate of drug-likeness (QED) is 0.240. The highest BCUT2D eigenvalue weighted by Crippen LogP contribution is 2.37. The fourth-order valence-electron chi connectivity index (χ4n) is 4.38. The van der Waals surface area contributed by atoms with Crippen molar-refractivity contribution in [1.82, 2.24) is 0 Å². The lowest BCUT2D eigenvalue weighted by atomic mass is 9.95. The maximum atomic E-state index is 11.3. The summed E-state index contributed by atoms with van der Waals surface area (Å²) >= 11 is 6.65. The van der Waals surface area contributed by atoms with Gasteiger partial charge in [0.15, 0.2) is 0 Å². The van der Waals surface area contributed by atoms with Gasteiger partial charge in [0.1, 0.15) is 5.75 Å². The highest BCUT2D eigenvalue weighted by Gasteiger charge is 2.13. The minimum absolute atomic E-state index is 0.247. The monoisotopic (exact) mass is 495 g/mol. The van der Waals surface area contributed by atoms with Gasteiger partial charge in [0.05, 0.1) is 5.02 Å². The van der Waals surface area contributed by atoms with Crippen LogP contribution in [0.3, 0.4) is 0 Å². The van der Waals surface area contributed by atoms with E-state index >= 15 is 0 Å². The Bertz CT molecular complexity index is 1420. The van der Waals surface area contributed by atoms with Gasteiger partial charge in [-0.2, -0.15) is 0 Å². The molecule has 36 heavy (non-hydrogen) atoms. The Morgan fingerprint density at radius 2 is 1.58 bits per heavy atom. The SMILES string of the molecule is C/C(=C\CCc1ccc(C)c(C)c1)c1cc(-c2ccc(-c3ccccc3O)cc2)c(Cl)cc1NC=O. The number of hydrogen-bond acceptors (Lipinski definition) is 2. The number of phenols is 1. The normalized spacial score (nSPS) is 11.4. The molecule has 0 atom stereocenters. The van der Waals surface area contributed by atoms with Gasteiger partial charge < -0.3 is 10.4 Å². The largest absolute Gasteiger partial charge is 0.507 e. The Hall–Kier alpha value is -3.82. The van der Waals surface area contributed by atoms with E-state index in [4.69, 9.17) is 11.6 Å². The highest BCUT2D eigenvalue weighted by atomic mass is 35.5. The van der Waals surface area contributed by atoms with E-state index in [1.165, 1.54) is 16.7 Å². The van der Waals surface area contributed by atoms with Crippen LogP contribution in [0.1, 0.15) is 35.6 Å². The number of halogens is 1. The second-order valence-electron chi connectivity index (χ2n) is 9.08. The molecule has 0 aliphatic carbocycles. The van der Waals surface area contributed by atoms with Crippen LogP contribution in [0.2, 0.25) is 5.02 Å². The van der Waals surface area contributed by atoms with Gasteiger partial charge in [0.25, 0.3) is 0 Å². The van der Waals surface area contributed by atoms with Gasteiger partial charge in [0.2, 0.25) is 6.41 Å². The summed E-state index contributed by atoms with van der Waals surface area (Å²) in [6, 6.07) is 25.7. The molecule has 0 heterocycles. The average Bonchev–Trinajstić information content (AvgIpc) is 2.87. The maximum Gasteiger partial charge on any atom is 0.211 e. The third-order valence-electron chi connectivity index (χ3n) is 6.61. The lowest BCUT2D eigenvalue weighted by Crippen LogP contribution is -1.99. The number of amides is 1. The molecule has 0 saturated carbocycles. The second-order valence-corrected chi connectivity index (χ2v) is 9.49. The number of rotatable bonds is 8. The summed E-state index contributed by atoms with van der Waals surface area (Å²) in [7, 11) is 0. The first-order valence-corrected chi connectivity index (χ1v) is 12.4. The van der Waals surface area contributed by atoms with Crippen molar-refractivity contribution in [2.45, 2.75) is 33.6 Å². The number of para-hydroxylation sites is 1. The summed E-state index contributed by atoms with van der Waals surface area (Å²) in [4.78, 5) is 11.3. The first-order valence-electron chi connectivity index (χ1n) is 12.0. The molecule has 0 aromatic heterocycles. The Labute approximate surface area is 218 Å². The minimum atomic E-state index is 0.247. The van der Waals surface area contributed by atoms with Gasteiger partial charge in [-0.3, -0.25) is 4.79 Å². The highest BCUT2D eigenvalue weighted by molar-refractivity contribution is 6.33. The Morgan fingerprint density at radius 1 is 0.889 bits per heavy atom. The van der Waals surface area contributed by atoms with Crippen molar-refractivity contribution in [1.29, 1.82) is 0 Å². The van der Waals surface area contributed by atoms with Crippen LogP contribution < -0.4 is 5.32 Å². The molecule has 4 rings (SSSR count). The first-order chi connectivity index (χ1) is 17.4. The Kier molecular flexibility index (Phi) is 7.92. The molecule has 0 fully saturated rings. The second kappa shape index (κ2) is 11.3. The third-order valence-corrected chi connectivity index (χ3v) is 6.93. The predicted octanol–water partition coefficient (Wildman–Crippen LogP) is 8.60. The molecule has 0 bridgehead atoms. The van der Waals surface area contributed by atoms with Crippen molar-refractivity contribution in [3.8, 4) is 28.0 Å². The average molecular weight is 496 g/mol. The topological polar surface area (TPSA) is 49.3 Å². The fraction of sp³-hybridized carbons (Fsp3) is 0.156. The molecular weight excluding hydrogens is 466 g/mol. The lowest BCUT2D eigenvalue weighted by molar-refractivity contribution is -0.105. The zero-order chi connectivity index (χ0) is 25.7. The van der Waals surface area contributed by atoms with Crippen molar-refractivity contribution in [2.75, 3.05) is 5.32 Å². The number of phenolic OH excluding ortho intramolecular Hbond substituents is 1. The number of hydrogen-bond donors (Lipinski definition) is 2. The standard InChI is InChI=1S/C32H30ClNO2/c1-21-11-12-24(17-23(21)3)8-6-7-22(2)28-18-29(30(33)19-31(28)34-20-35)26-15-13-25(14-16-26)27-9-4-5-10-32(27)36/h4-5,7,9-20,36H,6,8H2,1-3H3,(H,34,35)/b22-7+.